The summed E-state index contributed by atoms with van der Waals surface area (Å²) in [6.45, 7) is 0.527. The SMILES string of the molecule is O=C(c1ccco1)c1ccc(CNC(=O)C2CC(=O)N(c3ccc(F)cc3)C2)s1. The van der Waals surface area contributed by atoms with Crippen LogP contribution in [-0.4, -0.2) is 24.1 Å². The number of amides is 2. The number of halogens is 1. The van der Waals surface area contributed by atoms with Gasteiger partial charge in [0.05, 0.1) is 23.6 Å². The van der Waals surface area contributed by atoms with Gasteiger partial charge >= 0.3 is 0 Å². The lowest BCUT2D eigenvalue weighted by molar-refractivity contribution is -0.126. The van der Waals surface area contributed by atoms with Crippen LogP contribution < -0.4 is 10.2 Å². The number of carbonyl (C=O) groups excluding carboxylic acids is 3. The lowest BCUT2D eigenvalue weighted by Crippen LogP contribution is -2.32. The van der Waals surface area contributed by atoms with Crippen molar-refractivity contribution in [3.63, 3.8) is 0 Å². The van der Waals surface area contributed by atoms with Crippen molar-refractivity contribution in [1.29, 1.82) is 0 Å². The molecule has 0 aliphatic carbocycles. The van der Waals surface area contributed by atoms with E-state index in [1.165, 1.54) is 46.8 Å². The van der Waals surface area contributed by atoms with Gasteiger partial charge < -0.3 is 14.6 Å². The third-order valence-corrected chi connectivity index (χ3v) is 5.79. The Bertz CT molecular complexity index is 1040. The normalized spacial score (nSPS) is 16.2. The Morgan fingerprint density at radius 3 is 2.69 bits per heavy atom. The molecule has 1 aromatic carbocycles. The highest BCUT2D eigenvalue weighted by Crippen LogP contribution is 2.26. The first-order valence-corrected chi connectivity index (χ1v) is 9.83. The van der Waals surface area contributed by atoms with E-state index in [2.05, 4.69) is 5.32 Å². The Balaban J connectivity index is 1.34. The second kappa shape index (κ2) is 8.00. The van der Waals surface area contributed by atoms with Crippen molar-refractivity contribution < 1.29 is 23.2 Å². The molecule has 2 aromatic heterocycles. The fourth-order valence-corrected chi connectivity index (χ4v) is 4.09. The van der Waals surface area contributed by atoms with Crippen molar-refractivity contribution in [2.45, 2.75) is 13.0 Å². The van der Waals surface area contributed by atoms with Crippen LogP contribution >= 0.6 is 11.3 Å². The lowest BCUT2D eigenvalue weighted by atomic mass is 10.1. The summed E-state index contributed by atoms with van der Waals surface area (Å²) in [6.07, 6.45) is 1.55. The first-order valence-electron chi connectivity index (χ1n) is 9.02. The van der Waals surface area contributed by atoms with Gasteiger partial charge in [-0.25, -0.2) is 4.39 Å². The van der Waals surface area contributed by atoms with Crippen molar-refractivity contribution in [3.05, 3.63) is 76.1 Å². The van der Waals surface area contributed by atoms with Crippen LogP contribution in [0.15, 0.2) is 59.2 Å². The van der Waals surface area contributed by atoms with Gasteiger partial charge in [-0.1, -0.05) is 0 Å². The molecule has 0 bridgehead atoms. The van der Waals surface area contributed by atoms with Gasteiger partial charge in [-0.3, -0.25) is 14.4 Å². The highest BCUT2D eigenvalue weighted by atomic mass is 32.1. The van der Waals surface area contributed by atoms with E-state index in [1.54, 1.807) is 24.3 Å². The second-order valence-corrected chi connectivity index (χ2v) is 7.84. The zero-order valence-corrected chi connectivity index (χ0v) is 16.1. The quantitative estimate of drug-likeness (QED) is 0.630. The molecule has 148 valence electrons. The highest BCUT2D eigenvalue weighted by molar-refractivity contribution is 7.14. The second-order valence-electron chi connectivity index (χ2n) is 6.67. The zero-order chi connectivity index (χ0) is 20.4. The number of rotatable bonds is 6. The van der Waals surface area contributed by atoms with Gasteiger partial charge in [-0.15, -0.1) is 11.3 Å². The summed E-state index contributed by atoms with van der Waals surface area (Å²) in [5.74, 6) is -1.18. The topological polar surface area (TPSA) is 79.6 Å². The van der Waals surface area contributed by atoms with Gasteiger partial charge in [0.1, 0.15) is 5.82 Å². The standard InChI is InChI=1S/C21H17FN2O4S/c22-14-3-5-15(6-4-14)24-12-13(10-19(24)25)21(27)23-11-16-7-8-18(29-16)20(26)17-2-1-9-28-17/h1-9,13H,10-12H2,(H,23,27). The molecule has 1 aliphatic heterocycles. The Morgan fingerprint density at radius 2 is 1.97 bits per heavy atom. The molecule has 6 nitrogen and oxygen atoms in total. The van der Waals surface area contributed by atoms with Crippen LogP contribution in [0.1, 0.15) is 26.7 Å². The number of ketones is 1. The molecule has 1 aliphatic rings. The number of anilines is 1. The predicted octanol–water partition coefficient (Wildman–Crippen LogP) is 3.38. The van der Waals surface area contributed by atoms with E-state index in [0.29, 0.717) is 10.6 Å². The molecule has 3 aromatic rings. The molecule has 29 heavy (non-hydrogen) atoms. The van der Waals surface area contributed by atoms with Crippen molar-refractivity contribution in [2.75, 3.05) is 11.4 Å². The van der Waals surface area contributed by atoms with Crippen LogP contribution in [0.25, 0.3) is 0 Å². The van der Waals surface area contributed by atoms with Crippen molar-refractivity contribution >= 4 is 34.6 Å². The molecule has 0 spiro atoms. The average Bonchev–Trinajstić information content (AvgIpc) is 3.47. The van der Waals surface area contributed by atoms with Crippen LogP contribution in [0.3, 0.4) is 0 Å². The van der Waals surface area contributed by atoms with Gasteiger partial charge in [0, 0.05) is 23.5 Å². The predicted molar refractivity (Wildman–Crippen MR) is 105 cm³/mol. The Hall–Kier alpha value is -3.26. The van der Waals surface area contributed by atoms with E-state index < -0.39 is 5.92 Å². The highest BCUT2D eigenvalue weighted by Gasteiger charge is 2.35. The summed E-state index contributed by atoms with van der Waals surface area (Å²) < 4.78 is 18.2. The van der Waals surface area contributed by atoms with Crippen molar-refractivity contribution in [1.82, 2.24) is 5.32 Å². The molecule has 0 saturated carbocycles. The number of thiophene rings is 1. The lowest BCUT2D eigenvalue weighted by Gasteiger charge is -2.16. The number of carbonyl (C=O) groups is 3. The van der Waals surface area contributed by atoms with E-state index in [9.17, 15) is 18.8 Å². The Kier molecular flexibility index (Phi) is 5.26. The minimum absolute atomic E-state index is 0.107. The fraction of sp³-hybridized carbons (Fsp3) is 0.190. The van der Waals surface area contributed by atoms with Gasteiger partial charge in [0.25, 0.3) is 0 Å². The van der Waals surface area contributed by atoms with E-state index in [4.69, 9.17) is 4.42 Å². The first-order chi connectivity index (χ1) is 14.0. The van der Waals surface area contributed by atoms with Crippen LogP contribution in [-0.2, 0) is 16.1 Å². The van der Waals surface area contributed by atoms with Crippen LogP contribution in [0.5, 0.6) is 0 Å². The van der Waals surface area contributed by atoms with Crippen LogP contribution in [0.4, 0.5) is 10.1 Å². The summed E-state index contributed by atoms with van der Waals surface area (Å²) in [7, 11) is 0. The maximum atomic E-state index is 13.1. The molecule has 1 fully saturated rings. The molecule has 2 amide bonds. The van der Waals surface area contributed by atoms with Gasteiger partial charge in [-0.2, -0.15) is 0 Å². The summed E-state index contributed by atoms with van der Waals surface area (Å²) in [6, 6.07) is 12.4. The molecule has 1 atom stereocenters. The minimum atomic E-state index is -0.475. The van der Waals surface area contributed by atoms with E-state index in [0.717, 1.165) is 4.88 Å². The Labute approximate surface area is 169 Å². The summed E-state index contributed by atoms with van der Waals surface area (Å²) in [4.78, 5) is 39.9. The monoisotopic (exact) mass is 412 g/mol. The van der Waals surface area contributed by atoms with Crippen LogP contribution in [0.2, 0.25) is 0 Å². The number of hydrogen-bond acceptors (Lipinski definition) is 5. The maximum Gasteiger partial charge on any atom is 0.238 e. The number of nitrogens with zero attached hydrogens (tertiary/aromatic N) is 1. The van der Waals surface area contributed by atoms with Gasteiger partial charge in [-0.05, 0) is 48.5 Å². The number of benzene rings is 1. The number of nitrogens with one attached hydrogen (secondary N) is 1. The molecular weight excluding hydrogens is 395 g/mol. The minimum Gasteiger partial charge on any atom is -0.461 e. The Morgan fingerprint density at radius 1 is 1.17 bits per heavy atom. The summed E-state index contributed by atoms with van der Waals surface area (Å²) >= 11 is 1.29. The average molecular weight is 412 g/mol. The zero-order valence-electron chi connectivity index (χ0n) is 15.3. The van der Waals surface area contributed by atoms with E-state index >= 15 is 0 Å². The summed E-state index contributed by atoms with van der Waals surface area (Å²) in [5, 5.41) is 2.83. The molecule has 4 rings (SSSR count). The van der Waals surface area contributed by atoms with Gasteiger partial charge in [0.15, 0.2) is 5.76 Å². The largest absolute Gasteiger partial charge is 0.461 e. The first kappa shape index (κ1) is 19.1. The molecule has 8 heteroatoms. The van der Waals surface area contributed by atoms with E-state index in [1.807, 2.05) is 0 Å². The molecular formula is C21H17FN2O4S. The van der Waals surface area contributed by atoms with Crippen molar-refractivity contribution in [2.24, 2.45) is 5.92 Å². The van der Waals surface area contributed by atoms with Crippen LogP contribution in [0, 0.1) is 11.7 Å². The number of furan rings is 1. The van der Waals surface area contributed by atoms with Crippen molar-refractivity contribution in [3.8, 4) is 0 Å². The fourth-order valence-electron chi connectivity index (χ4n) is 3.20. The molecule has 1 unspecified atom stereocenters. The number of hydrogen-bond donors (Lipinski definition) is 1. The molecule has 0 radical (unpaired) electrons. The maximum absolute atomic E-state index is 13.1. The van der Waals surface area contributed by atoms with E-state index in [-0.39, 0.29) is 48.7 Å². The molecule has 1 N–H and O–H groups in total. The smallest absolute Gasteiger partial charge is 0.238 e. The molecule has 3 heterocycles. The summed E-state index contributed by atoms with van der Waals surface area (Å²) in [5.41, 5.74) is 0.575. The van der Waals surface area contributed by atoms with Gasteiger partial charge in [0.2, 0.25) is 17.6 Å². The third kappa shape index (κ3) is 4.12. The third-order valence-electron chi connectivity index (χ3n) is 4.70. The molecule has 1 saturated heterocycles.